The molecule has 0 atom stereocenters. The molecule has 194 valence electrons. The summed E-state index contributed by atoms with van der Waals surface area (Å²) in [6.07, 6.45) is 2.64. The van der Waals surface area contributed by atoms with E-state index in [-0.39, 0.29) is 12.3 Å². The number of rotatable bonds is 10. The highest BCUT2D eigenvalue weighted by Gasteiger charge is 2.17. The van der Waals surface area contributed by atoms with Gasteiger partial charge >= 0.3 is 5.69 Å². The average Bonchev–Trinajstić information content (AvgIpc) is 3.57. The molecule has 0 fully saturated rings. The van der Waals surface area contributed by atoms with E-state index in [4.69, 9.17) is 27.9 Å². The van der Waals surface area contributed by atoms with E-state index >= 15 is 0 Å². The minimum absolute atomic E-state index is 0.222. The van der Waals surface area contributed by atoms with Crippen molar-refractivity contribution in [1.29, 1.82) is 0 Å². The number of H-pyrrole nitrogens is 1. The summed E-state index contributed by atoms with van der Waals surface area (Å²) in [5.41, 5.74) is 2.78. The van der Waals surface area contributed by atoms with Gasteiger partial charge in [-0.25, -0.2) is 4.79 Å². The van der Waals surface area contributed by atoms with Crippen molar-refractivity contribution in [3.05, 3.63) is 104 Å². The highest BCUT2D eigenvalue weighted by Crippen LogP contribution is 2.29. The first-order valence-electron chi connectivity index (χ1n) is 12.2. The van der Waals surface area contributed by atoms with Crippen molar-refractivity contribution in [2.75, 3.05) is 0 Å². The van der Waals surface area contributed by atoms with Crippen LogP contribution in [0.15, 0.2) is 71.5 Å². The zero-order valence-electron chi connectivity index (χ0n) is 20.6. The van der Waals surface area contributed by atoms with Crippen LogP contribution in [0.4, 0.5) is 0 Å². The van der Waals surface area contributed by atoms with Crippen LogP contribution in [0.5, 0.6) is 5.75 Å². The van der Waals surface area contributed by atoms with Crippen molar-refractivity contribution >= 4 is 23.2 Å². The molecule has 0 aliphatic heterocycles. The Morgan fingerprint density at radius 3 is 2.55 bits per heavy atom. The SMILES string of the molecule is CCCCc1nn(-c2ccccc2Cl)c(=O)n1Cc1ccc(OCc2cccc(-c3nn[nH]n3)c2Cl)cc1. The fourth-order valence-electron chi connectivity index (χ4n) is 4.07. The van der Waals surface area contributed by atoms with Gasteiger partial charge in [0.1, 0.15) is 18.2 Å². The van der Waals surface area contributed by atoms with E-state index in [1.807, 2.05) is 54.6 Å². The Morgan fingerprint density at radius 2 is 1.82 bits per heavy atom. The number of aryl methyl sites for hydroxylation is 1. The summed E-state index contributed by atoms with van der Waals surface area (Å²) in [6.45, 7) is 2.78. The lowest BCUT2D eigenvalue weighted by molar-refractivity contribution is 0.306. The number of aromatic amines is 1. The summed E-state index contributed by atoms with van der Waals surface area (Å²) in [5.74, 6) is 1.83. The van der Waals surface area contributed by atoms with Gasteiger partial charge in [0, 0.05) is 17.5 Å². The number of nitrogens with one attached hydrogen (secondary N) is 1. The van der Waals surface area contributed by atoms with Crippen LogP contribution in [-0.2, 0) is 19.6 Å². The Hall–Kier alpha value is -3.95. The number of unbranched alkanes of at least 4 members (excludes halogenated alkanes) is 1. The van der Waals surface area contributed by atoms with Crippen molar-refractivity contribution in [2.24, 2.45) is 0 Å². The van der Waals surface area contributed by atoms with Gasteiger partial charge in [-0.05, 0) is 47.5 Å². The summed E-state index contributed by atoms with van der Waals surface area (Å²) in [7, 11) is 0. The van der Waals surface area contributed by atoms with Gasteiger partial charge < -0.3 is 4.74 Å². The molecular formula is C27H25Cl2N7O2. The van der Waals surface area contributed by atoms with E-state index in [1.165, 1.54) is 4.68 Å². The van der Waals surface area contributed by atoms with Crippen LogP contribution in [0.2, 0.25) is 10.0 Å². The third-order valence-corrected chi connectivity index (χ3v) is 6.86. The Balaban J connectivity index is 1.32. The third-order valence-electron chi connectivity index (χ3n) is 6.10. The zero-order chi connectivity index (χ0) is 26.5. The second-order valence-corrected chi connectivity index (χ2v) is 9.48. The van der Waals surface area contributed by atoms with Crippen molar-refractivity contribution < 1.29 is 4.74 Å². The number of tetrazole rings is 1. The molecule has 1 N–H and O–H groups in total. The van der Waals surface area contributed by atoms with E-state index in [0.717, 1.165) is 29.8 Å². The summed E-state index contributed by atoms with van der Waals surface area (Å²) in [6, 6.07) is 20.4. The molecule has 2 aromatic heterocycles. The van der Waals surface area contributed by atoms with Gasteiger partial charge in [-0.15, -0.1) is 15.3 Å². The summed E-state index contributed by atoms with van der Waals surface area (Å²) >= 11 is 12.9. The maximum Gasteiger partial charge on any atom is 0.351 e. The molecule has 0 unspecified atom stereocenters. The van der Waals surface area contributed by atoms with Crippen LogP contribution in [0.3, 0.4) is 0 Å². The first-order valence-corrected chi connectivity index (χ1v) is 13.0. The predicted molar refractivity (Wildman–Crippen MR) is 146 cm³/mol. The summed E-state index contributed by atoms with van der Waals surface area (Å²) < 4.78 is 9.07. The number of para-hydroxylation sites is 1. The normalized spacial score (nSPS) is 11.1. The molecular weight excluding hydrogens is 525 g/mol. The second kappa shape index (κ2) is 11.6. The summed E-state index contributed by atoms with van der Waals surface area (Å²) in [5, 5.41) is 19.6. The second-order valence-electron chi connectivity index (χ2n) is 8.70. The van der Waals surface area contributed by atoms with Crippen molar-refractivity contribution in [1.82, 2.24) is 35.0 Å². The first kappa shape index (κ1) is 25.7. The van der Waals surface area contributed by atoms with Crippen LogP contribution in [-0.4, -0.2) is 35.0 Å². The molecule has 0 saturated heterocycles. The van der Waals surface area contributed by atoms with Gasteiger partial charge in [-0.2, -0.15) is 9.90 Å². The Kier molecular flexibility index (Phi) is 7.86. The number of aromatic nitrogens is 7. The van der Waals surface area contributed by atoms with Gasteiger partial charge in [0.2, 0.25) is 5.82 Å². The average molecular weight is 550 g/mol. The lowest BCUT2D eigenvalue weighted by Crippen LogP contribution is -2.25. The first-order chi connectivity index (χ1) is 18.5. The smallest absolute Gasteiger partial charge is 0.351 e. The molecule has 0 bridgehead atoms. The quantitative estimate of drug-likeness (QED) is 0.247. The van der Waals surface area contributed by atoms with Gasteiger partial charge in [0.15, 0.2) is 0 Å². The van der Waals surface area contributed by atoms with E-state index < -0.39 is 0 Å². The largest absolute Gasteiger partial charge is 0.489 e. The Morgan fingerprint density at radius 1 is 1.00 bits per heavy atom. The van der Waals surface area contributed by atoms with Gasteiger partial charge in [0.05, 0.1) is 22.3 Å². The van der Waals surface area contributed by atoms with Crippen molar-refractivity contribution in [2.45, 2.75) is 39.3 Å². The summed E-state index contributed by atoms with van der Waals surface area (Å²) in [4.78, 5) is 13.3. The highest BCUT2D eigenvalue weighted by atomic mass is 35.5. The molecule has 0 aliphatic carbocycles. The number of hydrogen-bond donors (Lipinski definition) is 1. The fraction of sp³-hybridized carbons (Fsp3) is 0.222. The predicted octanol–water partition coefficient (Wildman–Crippen LogP) is 5.49. The molecule has 2 heterocycles. The Bertz CT molecular complexity index is 1580. The minimum Gasteiger partial charge on any atom is -0.489 e. The molecule has 5 rings (SSSR count). The number of benzene rings is 3. The number of nitrogens with zero attached hydrogens (tertiary/aromatic N) is 6. The fourth-order valence-corrected chi connectivity index (χ4v) is 4.55. The van der Waals surface area contributed by atoms with E-state index in [0.29, 0.717) is 45.8 Å². The molecule has 11 heteroatoms. The minimum atomic E-state index is -0.222. The third kappa shape index (κ3) is 5.49. The lowest BCUT2D eigenvalue weighted by atomic mass is 10.1. The number of halogens is 2. The standard InChI is InChI=1S/C27H25Cl2N7O2/c1-2-3-11-24-32-36(23-10-5-4-9-22(23)28)27(37)35(24)16-18-12-14-20(15-13-18)38-17-19-7-6-8-21(25(19)29)26-30-33-34-31-26/h4-10,12-15H,2-3,11,16-17H2,1H3,(H,30,31,33,34). The molecule has 38 heavy (non-hydrogen) atoms. The van der Waals surface area contributed by atoms with Crippen molar-refractivity contribution in [3.63, 3.8) is 0 Å². The lowest BCUT2D eigenvalue weighted by Gasteiger charge is -2.11. The monoisotopic (exact) mass is 549 g/mol. The Labute approximate surface area is 229 Å². The molecule has 0 amide bonds. The zero-order valence-corrected chi connectivity index (χ0v) is 22.2. The maximum absolute atomic E-state index is 13.3. The van der Waals surface area contributed by atoms with E-state index in [1.54, 1.807) is 16.7 Å². The van der Waals surface area contributed by atoms with Gasteiger partial charge in [0.25, 0.3) is 0 Å². The molecule has 0 aliphatic rings. The van der Waals surface area contributed by atoms with Crippen LogP contribution < -0.4 is 10.4 Å². The maximum atomic E-state index is 13.3. The van der Waals surface area contributed by atoms with Crippen LogP contribution in [0, 0.1) is 0 Å². The van der Waals surface area contributed by atoms with Crippen LogP contribution in [0.25, 0.3) is 17.1 Å². The van der Waals surface area contributed by atoms with Crippen LogP contribution >= 0.6 is 23.2 Å². The van der Waals surface area contributed by atoms with Gasteiger partial charge in [-0.3, -0.25) is 4.57 Å². The van der Waals surface area contributed by atoms with Crippen LogP contribution in [0.1, 0.15) is 36.7 Å². The number of hydrogen-bond acceptors (Lipinski definition) is 6. The van der Waals surface area contributed by atoms with Gasteiger partial charge in [-0.1, -0.05) is 72.9 Å². The molecule has 0 saturated carbocycles. The molecule has 5 aromatic rings. The molecule has 0 spiro atoms. The van der Waals surface area contributed by atoms with E-state index in [2.05, 4.69) is 32.6 Å². The molecule has 3 aromatic carbocycles. The highest BCUT2D eigenvalue weighted by molar-refractivity contribution is 6.34. The molecule has 9 nitrogen and oxygen atoms in total. The molecule has 0 radical (unpaired) electrons. The van der Waals surface area contributed by atoms with Crippen molar-refractivity contribution in [3.8, 4) is 22.8 Å². The topological polar surface area (TPSA) is 104 Å². The number of ether oxygens (including phenoxy) is 1. The van der Waals surface area contributed by atoms with E-state index in [9.17, 15) is 4.79 Å².